The predicted octanol–water partition coefficient (Wildman–Crippen LogP) is 3.52. The monoisotopic (exact) mass is 273 g/mol. The Morgan fingerprint density at radius 3 is 2.82 bits per heavy atom. The second-order valence-corrected chi connectivity index (χ2v) is 4.15. The summed E-state index contributed by atoms with van der Waals surface area (Å²) in [4.78, 5) is 11.3. The fraction of sp³-hybridized carbons (Fsp3) is 0.250. The Morgan fingerprint density at radius 1 is 1.47 bits per heavy atom. The first-order valence-electron chi connectivity index (χ1n) is 5.08. The summed E-state index contributed by atoms with van der Waals surface area (Å²) in [5.74, 6) is -0.418. The van der Waals surface area contributed by atoms with Crippen molar-refractivity contribution in [1.82, 2.24) is 0 Å². The van der Waals surface area contributed by atoms with Crippen molar-refractivity contribution in [3.63, 3.8) is 0 Å². The summed E-state index contributed by atoms with van der Waals surface area (Å²) >= 11 is 11.8. The molecule has 1 aromatic carbocycles. The maximum absolute atomic E-state index is 11.3. The van der Waals surface area contributed by atoms with Crippen LogP contribution in [0.15, 0.2) is 30.4 Å². The molecule has 0 atom stereocenters. The van der Waals surface area contributed by atoms with E-state index in [1.165, 1.54) is 0 Å². The maximum atomic E-state index is 11.3. The van der Waals surface area contributed by atoms with Gasteiger partial charge < -0.3 is 10.1 Å². The Balaban J connectivity index is 2.58. The number of anilines is 1. The smallest absolute Gasteiger partial charge is 0.335 e. The summed E-state index contributed by atoms with van der Waals surface area (Å²) in [6.45, 7) is 5.96. The molecule has 0 bridgehead atoms. The van der Waals surface area contributed by atoms with Gasteiger partial charge in [0, 0.05) is 17.1 Å². The van der Waals surface area contributed by atoms with E-state index in [1.54, 1.807) is 25.1 Å². The normalized spacial score (nSPS) is 9.82. The number of hydrogen-bond acceptors (Lipinski definition) is 3. The van der Waals surface area contributed by atoms with Gasteiger partial charge in [-0.15, -0.1) is 0 Å². The summed E-state index contributed by atoms with van der Waals surface area (Å²) in [6, 6.07) is 5.05. The Labute approximate surface area is 110 Å². The van der Waals surface area contributed by atoms with Crippen LogP contribution < -0.4 is 5.32 Å². The van der Waals surface area contributed by atoms with E-state index in [9.17, 15) is 4.79 Å². The van der Waals surface area contributed by atoms with E-state index in [-0.39, 0.29) is 6.54 Å². The molecular weight excluding hydrogens is 261 g/mol. The number of rotatable bonds is 5. The van der Waals surface area contributed by atoms with Crippen LogP contribution >= 0.6 is 23.2 Å². The van der Waals surface area contributed by atoms with Crippen molar-refractivity contribution in [2.45, 2.75) is 6.92 Å². The molecule has 1 rings (SSSR count). The zero-order chi connectivity index (χ0) is 12.8. The van der Waals surface area contributed by atoms with Gasteiger partial charge in [0.25, 0.3) is 0 Å². The molecule has 1 aromatic rings. The van der Waals surface area contributed by atoms with E-state index < -0.39 is 5.97 Å². The number of benzene rings is 1. The van der Waals surface area contributed by atoms with Crippen LogP contribution in [0.3, 0.4) is 0 Å². The van der Waals surface area contributed by atoms with Crippen molar-refractivity contribution in [3.05, 3.63) is 40.4 Å². The van der Waals surface area contributed by atoms with E-state index in [1.807, 2.05) is 0 Å². The van der Waals surface area contributed by atoms with Crippen molar-refractivity contribution in [1.29, 1.82) is 0 Å². The van der Waals surface area contributed by atoms with Gasteiger partial charge in [-0.2, -0.15) is 0 Å². The lowest BCUT2D eigenvalue weighted by Gasteiger charge is -2.10. The molecule has 0 aliphatic carbocycles. The minimum absolute atomic E-state index is 0.263. The van der Waals surface area contributed by atoms with Crippen molar-refractivity contribution >= 4 is 34.9 Å². The molecule has 17 heavy (non-hydrogen) atoms. The van der Waals surface area contributed by atoms with Crippen molar-refractivity contribution in [2.24, 2.45) is 0 Å². The van der Waals surface area contributed by atoms with Gasteiger partial charge in [0.1, 0.15) is 0 Å². The molecule has 3 nitrogen and oxygen atoms in total. The van der Waals surface area contributed by atoms with Crippen LogP contribution in [0, 0.1) is 0 Å². The summed E-state index contributed by atoms with van der Waals surface area (Å²) in [6.07, 6.45) is 0. The molecule has 92 valence electrons. The predicted molar refractivity (Wildman–Crippen MR) is 70.7 cm³/mol. The van der Waals surface area contributed by atoms with E-state index in [4.69, 9.17) is 27.9 Å². The molecule has 0 saturated carbocycles. The van der Waals surface area contributed by atoms with Gasteiger partial charge >= 0.3 is 5.97 Å². The SMILES string of the molecule is C=C(CNc1cc(Cl)ccc1Cl)C(=O)OCC. The van der Waals surface area contributed by atoms with E-state index in [2.05, 4.69) is 11.9 Å². The lowest BCUT2D eigenvalue weighted by molar-refractivity contribution is -0.138. The molecule has 0 fully saturated rings. The lowest BCUT2D eigenvalue weighted by atomic mass is 10.2. The highest BCUT2D eigenvalue weighted by atomic mass is 35.5. The first kappa shape index (κ1) is 13.9. The van der Waals surface area contributed by atoms with Crippen molar-refractivity contribution in [3.8, 4) is 0 Å². The van der Waals surface area contributed by atoms with E-state index in [0.717, 1.165) is 0 Å². The lowest BCUT2D eigenvalue weighted by Crippen LogP contribution is -2.14. The van der Waals surface area contributed by atoms with Gasteiger partial charge in [0.15, 0.2) is 0 Å². The molecule has 1 N–H and O–H groups in total. The van der Waals surface area contributed by atoms with Crippen molar-refractivity contribution in [2.75, 3.05) is 18.5 Å². The molecule has 0 unspecified atom stereocenters. The number of carbonyl (C=O) groups excluding carboxylic acids is 1. The minimum atomic E-state index is -0.418. The van der Waals surface area contributed by atoms with Gasteiger partial charge in [-0.05, 0) is 25.1 Å². The molecule has 0 aromatic heterocycles. The van der Waals surface area contributed by atoms with E-state index in [0.29, 0.717) is 27.9 Å². The Morgan fingerprint density at radius 2 is 2.18 bits per heavy atom. The first-order valence-corrected chi connectivity index (χ1v) is 5.84. The average Bonchev–Trinajstić information content (AvgIpc) is 2.30. The van der Waals surface area contributed by atoms with Gasteiger partial charge in [-0.3, -0.25) is 0 Å². The summed E-state index contributed by atoms with van der Waals surface area (Å²) in [5, 5.41) is 4.08. The Bertz CT molecular complexity index is 433. The Kier molecular flexibility index (Phi) is 5.32. The quantitative estimate of drug-likeness (QED) is 0.659. The molecule has 0 amide bonds. The third-order valence-electron chi connectivity index (χ3n) is 1.98. The summed E-state index contributed by atoms with van der Waals surface area (Å²) in [5.41, 5.74) is 0.993. The maximum Gasteiger partial charge on any atom is 0.335 e. The van der Waals surface area contributed by atoms with Crippen LogP contribution in [0.4, 0.5) is 5.69 Å². The largest absolute Gasteiger partial charge is 0.463 e. The number of carbonyl (C=O) groups is 1. The first-order chi connectivity index (χ1) is 8.04. The number of esters is 1. The third-order valence-corrected chi connectivity index (χ3v) is 2.55. The molecule has 0 radical (unpaired) electrons. The van der Waals surface area contributed by atoms with Crippen LogP contribution in [-0.4, -0.2) is 19.1 Å². The zero-order valence-electron chi connectivity index (χ0n) is 9.43. The third kappa shape index (κ3) is 4.29. The fourth-order valence-corrected chi connectivity index (χ4v) is 1.50. The molecule has 0 heterocycles. The van der Waals surface area contributed by atoms with Crippen molar-refractivity contribution < 1.29 is 9.53 Å². The number of ether oxygens (including phenoxy) is 1. The van der Waals surface area contributed by atoms with Crippen LogP contribution in [0.25, 0.3) is 0 Å². The van der Waals surface area contributed by atoms with Gasteiger partial charge in [0.05, 0.1) is 17.3 Å². The van der Waals surface area contributed by atoms with Crippen LogP contribution in [-0.2, 0) is 9.53 Å². The Hall–Kier alpha value is -1.19. The highest BCUT2D eigenvalue weighted by molar-refractivity contribution is 6.35. The van der Waals surface area contributed by atoms with Gasteiger partial charge in [-0.1, -0.05) is 29.8 Å². The van der Waals surface area contributed by atoms with Crippen LogP contribution in [0.1, 0.15) is 6.92 Å². The van der Waals surface area contributed by atoms with Gasteiger partial charge in [0.2, 0.25) is 0 Å². The zero-order valence-corrected chi connectivity index (χ0v) is 10.9. The topological polar surface area (TPSA) is 38.3 Å². The van der Waals surface area contributed by atoms with Crippen LogP contribution in [0.5, 0.6) is 0 Å². The molecular formula is C12H13Cl2NO2. The summed E-state index contributed by atoms with van der Waals surface area (Å²) in [7, 11) is 0. The number of hydrogen-bond donors (Lipinski definition) is 1. The highest BCUT2D eigenvalue weighted by Crippen LogP contribution is 2.25. The standard InChI is InChI=1S/C12H13Cl2NO2/c1-3-17-12(16)8(2)7-15-11-6-9(13)4-5-10(11)14/h4-6,15H,2-3,7H2,1H3. The molecule has 0 spiro atoms. The second-order valence-electron chi connectivity index (χ2n) is 3.30. The molecule has 0 aliphatic rings. The summed E-state index contributed by atoms with van der Waals surface area (Å²) < 4.78 is 4.81. The number of nitrogens with one attached hydrogen (secondary N) is 1. The highest BCUT2D eigenvalue weighted by Gasteiger charge is 2.08. The fourth-order valence-electron chi connectivity index (χ4n) is 1.14. The molecule has 5 heteroatoms. The average molecular weight is 274 g/mol. The van der Waals surface area contributed by atoms with Crippen LogP contribution in [0.2, 0.25) is 10.0 Å². The van der Waals surface area contributed by atoms with E-state index >= 15 is 0 Å². The number of halogens is 2. The minimum Gasteiger partial charge on any atom is -0.463 e. The molecule has 0 aliphatic heterocycles. The van der Waals surface area contributed by atoms with Gasteiger partial charge in [-0.25, -0.2) is 4.79 Å². The second kappa shape index (κ2) is 6.52. The molecule has 0 saturated heterocycles.